The molecule has 0 spiro atoms. The van der Waals surface area contributed by atoms with Gasteiger partial charge in [-0.25, -0.2) is 9.97 Å². The fourth-order valence-electron chi connectivity index (χ4n) is 1.61. The Balaban J connectivity index is 2.20. The first kappa shape index (κ1) is 11.2. The summed E-state index contributed by atoms with van der Waals surface area (Å²) >= 11 is 5.84. The molecule has 1 aliphatic heterocycles. The topological polar surface area (TPSA) is 56.0 Å². The maximum Gasteiger partial charge on any atom is 0.228 e. The lowest BCUT2D eigenvalue weighted by Gasteiger charge is -2.32. The molecule has 0 aromatic carbocycles. The Morgan fingerprint density at radius 3 is 2.62 bits per heavy atom. The van der Waals surface area contributed by atoms with E-state index in [0.29, 0.717) is 16.8 Å². The predicted molar refractivity (Wildman–Crippen MR) is 64.1 cm³/mol. The van der Waals surface area contributed by atoms with Gasteiger partial charge < -0.3 is 9.71 Å². The molecule has 0 amide bonds. The zero-order valence-corrected chi connectivity index (χ0v) is 9.78. The van der Waals surface area contributed by atoms with Gasteiger partial charge in [0.2, 0.25) is 5.95 Å². The van der Waals surface area contributed by atoms with Crippen LogP contribution in [0.2, 0.25) is 5.15 Å². The van der Waals surface area contributed by atoms with Gasteiger partial charge in [-0.3, -0.25) is 0 Å². The van der Waals surface area contributed by atoms with Crippen molar-refractivity contribution in [1.82, 2.24) is 14.8 Å². The van der Waals surface area contributed by atoms with Crippen molar-refractivity contribution in [2.45, 2.75) is 0 Å². The molecule has 0 unspecified atom stereocenters. The van der Waals surface area contributed by atoms with Crippen LogP contribution in [-0.4, -0.2) is 48.9 Å². The Kier molecular flexibility index (Phi) is 3.27. The Morgan fingerprint density at radius 2 is 2.00 bits per heavy atom. The molecule has 0 bridgehead atoms. The van der Waals surface area contributed by atoms with Crippen LogP contribution < -0.4 is 4.90 Å². The second-order valence-electron chi connectivity index (χ2n) is 3.78. The molecular weight excluding hydrogens is 224 g/mol. The molecule has 7 heteroatoms. The van der Waals surface area contributed by atoms with Crippen LogP contribution in [0, 0.1) is 11.3 Å². The second-order valence-corrected chi connectivity index (χ2v) is 4.17. The minimum absolute atomic E-state index is 0.314. The normalized spacial score (nSPS) is 17.1. The number of hydrogen-bond donors (Lipinski definition) is 0. The minimum Gasteiger partial charge on any atom is -0.346 e. The van der Waals surface area contributed by atoms with Crippen LogP contribution in [0.3, 0.4) is 0 Å². The lowest BCUT2D eigenvalue weighted by atomic mass is 10.2. The highest BCUT2D eigenvalue weighted by Gasteiger charge is 2.17. The van der Waals surface area contributed by atoms with Crippen LogP contribution in [-0.2, 0) is 0 Å². The molecule has 1 aromatic rings. The van der Waals surface area contributed by atoms with Crippen molar-refractivity contribution in [2.24, 2.45) is 0 Å². The van der Waals surface area contributed by atoms with E-state index in [-0.39, 0.29) is 0 Å². The van der Waals surface area contributed by atoms with E-state index in [4.69, 9.17) is 16.9 Å². The zero-order valence-electron chi connectivity index (χ0n) is 9.02. The van der Waals surface area contributed by atoms with E-state index in [9.17, 15) is 0 Å². The van der Waals surface area contributed by atoms with Crippen molar-refractivity contribution in [1.29, 1.82) is 5.26 Å². The van der Waals surface area contributed by atoms with Crippen LogP contribution in [0.5, 0.6) is 0 Å². The zero-order chi connectivity index (χ0) is 11.5. The molecule has 1 aromatic heterocycles. The second kappa shape index (κ2) is 4.68. The number of piperazine rings is 1. The van der Waals surface area contributed by atoms with Crippen LogP contribution in [0.15, 0.2) is 6.07 Å². The standard InChI is InChI=1S/C9H11BClN5/c10-16-3-1-15(2-4-16)9-13-7(6-12)5-8(11)14-9/h5H,1-4,10H2. The number of nitrogens with zero attached hydrogens (tertiary/aromatic N) is 5. The summed E-state index contributed by atoms with van der Waals surface area (Å²) in [5.41, 5.74) is 0.314. The van der Waals surface area contributed by atoms with Crippen LogP contribution in [0.25, 0.3) is 0 Å². The summed E-state index contributed by atoms with van der Waals surface area (Å²) in [6.45, 7) is 3.67. The molecule has 1 aliphatic rings. The van der Waals surface area contributed by atoms with E-state index in [1.54, 1.807) is 0 Å². The Labute approximate surface area is 100 Å². The smallest absolute Gasteiger partial charge is 0.228 e. The van der Waals surface area contributed by atoms with Gasteiger partial charge in [0, 0.05) is 32.2 Å². The molecule has 1 fully saturated rings. The number of anilines is 1. The van der Waals surface area contributed by atoms with E-state index < -0.39 is 0 Å². The van der Waals surface area contributed by atoms with Crippen molar-refractivity contribution < 1.29 is 0 Å². The summed E-state index contributed by atoms with van der Waals surface area (Å²) < 4.78 is 0. The van der Waals surface area contributed by atoms with E-state index in [1.165, 1.54) is 6.07 Å². The third-order valence-corrected chi connectivity index (χ3v) is 2.78. The molecule has 0 atom stereocenters. The summed E-state index contributed by atoms with van der Waals surface area (Å²) in [4.78, 5) is 12.6. The highest BCUT2D eigenvalue weighted by Crippen LogP contribution is 2.15. The average Bonchev–Trinajstić information content (AvgIpc) is 2.29. The Hall–Kier alpha value is -1.32. The molecule has 0 aliphatic carbocycles. The lowest BCUT2D eigenvalue weighted by Crippen LogP contribution is -2.45. The summed E-state index contributed by atoms with van der Waals surface area (Å²) in [5.74, 6) is 0.553. The summed E-state index contributed by atoms with van der Waals surface area (Å²) in [6.07, 6.45) is 0. The van der Waals surface area contributed by atoms with E-state index in [1.807, 2.05) is 11.0 Å². The third-order valence-electron chi connectivity index (χ3n) is 2.58. The molecule has 0 N–H and O–H groups in total. The van der Waals surface area contributed by atoms with Crippen LogP contribution in [0.1, 0.15) is 5.69 Å². The quantitative estimate of drug-likeness (QED) is 0.493. The molecule has 2 rings (SSSR count). The van der Waals surface area contributed by atoms with Crippen molar-refractivity contribution >= 4 is 25.5 Å². The molecule has 5 nitrogen and oxygen atoms in total. The fourth-order valence-corrected chi connectivity index (χ4v) is 1.79. The largest absolute Gasteiger partial charge is 0.346 e. The van der Waals surface area contributed by atoms with Gasteiger partial charge in [0.1, 0.15) is 16.9 Å². The summed E-state index contributed by atoms with van der Waals surface area (Å²) in [6, 6.07) is 3.46. The van der Waals surface area contributed by atoms with Gasteiger partial charge in [-0.2, -0.15) is 5.26 Å². The lowest BCUT2D eigenvalue weighted by molar-refractivity contribution is 0.411. The van der Waals surface area contributed by atoms with Gasteiger partial charge in [-0.1, -0.05) is 11.6 Å². The Bertz CT molecular complexity index is 424. The van der Waals surface area contributed by atoms with Gasteiger partial charge in [0.05, 0.1) is 0 Å². The maximum absolute atomic E-state index is 8.80. The highest BCUT2D eigenvalue weighted by molar-refractivity contribution is 6.29. The van der Waals surface area contributed by atoms with Crippen LogP contribution in [0.4, 0.5) is 5.95 Å². The van der Waals surface area contributed by atoms with E-state index >= 15 is 0 Å². The first-order valence-corrected chi connectivity index (χ1v) is 5.45. The van der Waals surface area contributed by atoms with Gasteiger partial charge in [-0.15, -0.1) is 0 Å². The first-order valence-electron chi connectivity index (χ1n) is 5.07. The predicted octanol–water partition coefficient (Wildman–Crippen LogP) is -0.328. The highest BCUT2D eigenvalue weighted by atomic mass is 35.5. The number of halogens is 1. The van der Waals surface area contributed by atoms with Crippen LogP contribution >= 0.6 is 11.6 Å². The molecular formula is C9H11BClN5. The number of rotatable bonds is 1. The monoisotopic (exact) mass is 235 g/mol. The minimum atomic E-state index is 0.314. The molecule has 82 valence electrons. The van der Waals surface area contributed by atoms with E-state index in [0.717, 1.165) is 26.2 Å². The molecule has 0 radical (unpaired) electrons. The molecule has 2 heterocycles. The van der Waals surface area contributed by atoms with Crippen molar-refractivity contribution in [3.8, 4) is 6.07 Å². The summed E-state index contributed by atoms with van der Waals surface area (Å²) in [5, 5.41) is 9.12. The van der Waals surface area contributed by atoms with Crippen molar-refractivity contribution in [3.63, 3.8) is 0 Å². The number of hydrogen-bond acceptors (Lipinski definition) is 5. The van der Waals surface area contributed by atoms with Crippen molar-refractivity contribution in [3.05, 3.63) is 16.9 Å². The SMILES string of the molecule is BN1CCN(c2nc(Cl)cc(C#N)n2)CC1. The number of nitriles is 1. The average molecular weight is 235 g/mol. The van der Waals surface area contributed by atoms with Gasteiger partial charge >= 0.3 is 0 Å². The fraction of sp³-hybridized carbons (Fsp3) is 0.444. The molecule has 0 saturated carbocycles. The Morgan fingerprint density at radius 1 is 1.31 bits per heavy atom. The summed E-state index contributed by atoms with van der Waals surface area (Å²) in [7, 11) is 2.08. The maximum atomic E-state index is 8.80. The molecule has 1 saturated heterocycles. The molecule has 16 heavy (non-hydrogen) atoms. The van der Waals surface area contributed by atoms with Gasteiger partial charge in [-0.05, 0) is 0 Å². The van der Waals surface area contributed by atoms with Crippen molar-refractivity contribution in [2.75, 3.05) is 31.1 Å². The number of aromatic nitrogens is 2. The van der Waals surface area contributed by atoms with Gasteiger partial charge in [0.25, 0.3) is 0 Å². The first-order chi connectivity index (χ1) is 7.69. The van der Waals surface area contributed by atoms with Gasteiger partial charge in [0.15, 0.2) is 7.98 Å². The van der Waals surface area contributed by atoms with E-state index in [2.05, 4.69) is 22.8 Å². The third kappa shape index (κ3) is 2.43.